The molecule has 1 heterocycles. The van der Waals surface area contributed by atoms with Crippen LogP contribution in [0.2, 0.25) is 0 Å². The minimum absolute atomic E-state index is 0.0441. The van der Waals surface area contributed by atoms with Crippen molar-refractivity contribution in [1.29, 1.82) is 0 Å². The summed E-state index contributed by atoms with van der Waals surface area (Å²) in [7, 11) is 0. The molecule has 0 radical (unpaired) electrons. The summed E-state index contributed by atoms with van der Waals surface area (Å²) in [5.74, 6) is 0.690. The van der Waals surface area contributed by atoms with Crippen molar-refractivity contribution in [1.82, 2.24) is 15.6 Å². The van der Waals surface area contributed by atoms with Gasteiger partial charge in [0.1, 0.15) is 5.75 Å². The van der Waals surface area contributed by atoms with E-state index in [4.69, 9.17) is 0 Å². The van der Waals surface area contributed by atoms with Crippen molar-refractivity contribution in [3.8, 4) is 5.75 Å². The summed E-state index contributed by atoms with van der Waals surface area (Å²) in [4.78, 5) is 15.7. The quantitative estimate of drug-likeness (QED) is 0.651. The van der Waals surface area contributed by atoms with Crippen LogP contribution in [-0.2, 0) is 11.3 Å². The number of carbonyl (C=O) groups excluding carboxylic acids is 1. The third-order valence-corrected chi connectivity index (χ3v) is 2.62. The second-order valence-electron chi connectivity index (χ2n) is 5.04. The van der Waals surface area contributed by atoms with Gasteiger partial charge < -0.3 is 15.7 Å². The number of nitrogens with zero attached hydrogens (tertiary/aromatic N) is 1. The number of aromatic nitrogens is 1. The van der Waals surface area contributed by atoms with Crippen LogP contribution in [0.4, 0.5) is 0 Å². The molecule has 0 aliphatic carbocycles. The summed E-state index contributed by atoms with van der Waals surface area (Å²) < 4.78 is 0. The Balaban J connectivity index is 2.23. The van der Waals surface area contributed by atoms with Crippen LogP contribution in [0.1, 0.15) is 31.7 Å². The third kappa shape index (κ3) is 6.20. The number of aromatic hydroxyl groups is 1. The normalized spacial score (nSPS) is 10.7. The summed E-state index contributed by atoms with van der Waals surface area (Å²) in [6, 6.07) is 3.40. The lowest BCUT2D eigenvalue weighted by Gasteiger charge is -2.09. The van der Waals surface area contributed by atoms with Crippen LogP contribution >= 0.6 is 0 Å². The van der Waals surface area contributed by atoms with E-state index in [-0.39, 0.29) is 11.7 Å². The second kappa shape index (κ2) is 7.74. The van der Waals surface area contributed by atoms with Crippen LogP contribution < -0.4 is 10.6 Å². The molecule has 0 spiro atoms. The zero-order valence-electron chi connectivity index (χ0n) is 11.9. The topological polar surface area (TPSA) is 74.2 Å². The Morgan fingerprint density at radius 1 is 1.42 bits per heavy atom. The number of hydrogen-bond acceptors (Lipinski definition) is 4. The average Bonchev–Trinajstić information content (AvgIpc) is 2.36. The molecule has 0 aromatic carbocycles. The van der Waals surface area contributed by atoms with Crippen molar-refractivity contribution in [2.24, 2.45) is 5.92 Å². The fourth-order valence-corrected chi connectivity index (χ4v) is 1.55. The number of nitrogens with one attached hydrogen (secondary N) is 2. The van der Waals surface area contributed by atoms with E-state index in [1.54, 1.807) is 12.1 Å². The van der Waals surface area contributed by atoms with Gasteiger partial charge in [-0.15, -0.1) is 0 Å². The van der Waals surface area contributed by atoms with Crippen LogP contribution in [0.3, 0.4) is 0 Å². The molecule has 1 aromatic rings. The largest absolute Gasteiger partial charge is 0.506 e. The predicted octanol–water partition coefficient (Wildman–Crippen LogP) is 1.35. The zero-order valence-corrected chi connectivity index (χ0v) is 11.9. The van der Waals surface area contributed by atoms with E-state index < -0.39 is 0 Å². The lowest BCUT2D eigenvalue weighted by atomic mass is 10.2. The Morgan fingerprint density at radius 2 is 2.16 bits per heavy atom. The molecule has 5 heteroatoms. The molecule has 0 unspecified atom stereocenters. The maximum Gasteiger partial charge on any atom is 0.221 e. The molecule has 0 atom stereocenters. The Bertz CT molecular complexity index is 419. The number of pyridine rings is 1. The molecule has 106 valence electrons. The number of rotatable bonds is 7. The predicted molar refractivity (Wildman–Crippen MR) is 74.8 cm³/mol. The number of aryl methyl sites for hydroxylation is 1. The molecule has 1 rings (SSSR count). The highest BCUT2D eigenvalue weighted by Crippen LogP contribution is 2.13. The van der Waals surface area contributed by atoms with E-state index in [1.807, 2.05) is 6.92 Å². The molecule has 0 bridgehead atoms. The Morgan fingerprint density at radius 3 is 2.84 bits per heavy atom. The first-order chi connectivity index (χ1) is 8.99. The monoisotopic (exact) mass is 265 g/mol. The highest BCUT2D eigenvalue weighted by Gasteiger charge is 2.04. The maximum absolute atomic E-state index is 11.5. The van der Waals surface area contributed by atoms with Gasteiger partial charge >= 0.3 is 0 Å². The molecule has 5 nitrogen and oxygen atoms in total. The summed E-state index contributed by atoms with van der Waals surface area (Å²) >= 11 is 0. The Hall–Kier alpha value is -1.62. The van der Waals surface area contributed by atoms with Crippen LogP contribution in [-0.4, -0.2) is 29.1 Å². The molecule has 0 aliphatic heterocycles. The highest BCUT2D eigenvalue weighted by molar-refractivity contribution is 5.76. The summed E-state index contributed by atoms with van der Waals surface area (Å²) in [5, 5.41) is 15.6. The minimum atomic E-state index is 0.0441. The van der Waals surface area contributed by atoms with Gasteiger partial charge in [-0.2, -0.15) is 0 Å². The van der Waals surface area contributed by atoms with E-state index in [2.05, 4.69) is 29.5 Å². The molecule has 0 aliphatic rings. The summed E-state index contributed by atoms with van der Waals surface area (Å²) in [6.45, 7) is 7.74. The van der Waals surface area contributed by atoms with Crippen LogP contribution in [0.25, 0.3) is 0 Å². The van der Waals surface area contributed by atoms with Gasteiger partial charge in [-0.05, 0) is 25.0 Å². The van der Waals surface area contributed by atoms with E-state index in [0.29, 0.717) is 37.7 Å². The number of hydrogen-bond donors (Lipinski definition) is 3. The van der Waals surface area contributed by atoms with Gasteiger partial charge in [0.2, 0.25) is 5.91 Å². The number of amides is 1. The molecule has 1 amide bonds. The van der Waals surface area contributed by atoms with Crippen molar-refractivity contribution in [3.05, 3.63) is 23.5 Å². The fourth-order valence-electron chi connectivity index (χ4n) is 1.55. The Labute approximate surface area is 114 Å². The van der Waals surface area contributed by atoms with E-state index in [9.17, 15) is 9.90 Å². The lowest BCUT2D eigenvalue weighted by Crippen LogP contribution is -2.30. The van der Waals surface area contributed by atoms with Gasteiger partial charge in [-0.3, -0.25) is 9.78 Å². The SMILES string of the molecule is Cc1ccc(O)c(CNCCC(=O)NCC(C)C)n1. The van der Waals surface area contributed by atoms with Gasteiger partial charge in [0.15, 0.2) is 0 Å². The smallest absolute Gasteiger partial charge is 0.221 e. The van der Waals surface area contributed by atoms with E-state index >= 15 is 0 Å². The van der Waals surface area contributed by atoms with Crippen molar-refractivity contribution in [2.45, 2.75) is 33.7 Å². The minimum Gasteiger partial charge on any atom is -0.506 e. The first-order valence-electron chi connectivity index (χ1n) is 6.62. The van der Waals surface area contributed by atoms with Crippen molar-refractivity contribution in [2.75, 3.05) is 13.1 Å². The molecule has 0 saturated heterocycles. The fraction of sp³-hybridized carbons (Fsp3) is 0.571. The summed E-state index contributed by atoms with van der Waals surface area (Å²) in [5.41, 5.74) is 1.48. The third-order valence-electron chi connectivity index (χ3n) is 2.62. The van der Waals surface area contributed by atoms with Crippen LogP contribution in [0.5, 0.6) is 5.75 Å². The van der Waals surface area contributed by atoms with E-state index in [1.165, 1.54) is 0 Å². The van der Waals surface area contributed by atoms with Gasteiger partial charge in [0.05, 0.1) is 5.69 Å². The first-order valence-corrected chi connectivity index (χ1v) is 6.62. The molecule has 3 N–H and O–H groups in total. The molecular formula is C14H23N3O2. The first kappa shape index (κ1) is 15.4. The van der Waals surface area contributed by atoms with Gasteiger partial charge in [0, 0.05) is 31.7 Å². The van der Waals surface area contributed by atoms with Crippen molar-refractivity contribution < 1.29 is 9.90 Å². The Kier molecular flexibility index (Phi) is 6.29. The molecule has 0 fully saturated rings. The van der Waals surface area contributed by atoms with Gasteiger partial charge in [-0.25, -0.2) is 0 Å². The standard InChI is InChI=1S/C14H23N3O2/c1-10(2)8-16-14(19)6-7-15-9-12-13(18)5-4-11(3)17-12/h4-5,10,15,18H,6-9H2,1-3H3,(H,16,19). The lowest BCUT2D eigenvalue weighted by molar-refractivity contribution is -0.121. The zero-order chi connectivity index (χ0) is 14.3. The van der Waals surface area contributed by atoms with Crippen molar-refractivity contribution >= 4 is 5.91 Å². The number of carbonyl (C=O) groups is 1. The van der Waals surface area contributed by atoms with E-state index in [0.717, 1.165) is 5.69 Å². The van der Waals surface area contributed by atoms with Gasteiger partial charge in [0.25, 0.3) is 0 Å². The second-order valence-corrected chi connectivity index (χ2v) is 5.04. The molecule has 0 saturated carbocycles. The van der Waals surface area contributed by atoms with Crippen LogP contribution in [0.15, 0.2) is 12.1 Å². The average molecular weight is 265 g/mol. The summed E-state index contributed by atoms with van der Waals surface area (Å²) in [6.07, 6.45) is 0.430. The molecule has 1 aromatic heterocycles. The van der Waals surface area contributed by atoms with Crippen molar-refractivity contribution in [3.63, 3.8) is 0 Å². The highest BCUT2D eigenvalue weighted by atomic mass is 16.3. The molecule has 19 heavy (non-hydrogen) atoms. The maximum atomic E-state index is 11.5. The molecular weight excluding hydrogens is 242 g/mol. The van der Waals surface area contributed by atoms with Crippen LogP contribution in [0, 0.1) is 12.8 Å². The van der Waals surface area contributed by atoms with Gasteiger partial charge in [-0.1, -0.05) is 13.8 Å².